The van der Waals surface area contributed by atoms with Crippen molar-refractivity contribution in [3.63, 3.8) is 0 Å². The average molecular weight is 318 g/mol. The molecule has 0 saturated carbocycles. The fraction of sp³-hybridized carbons (Fsp3) is 0.812. The van der Waals surface area contributed by atoms with E-state index in [1.165, 1.54) is 19.3 Å². The van der Waals surface area contributed by atoms with Gasteiger partial charge in [-0.15, -0.1) is 0 Å². The van der Waals surface area contributed by atoms with Crippen LogP contribution in [0.3, 0.4) is 0 Å². The smallest absolute Gasteiger partial charge is 0.359 e. The van der Waals surface area contributed by atoms with Crippen molar-refractivity contribution in [2.75, 3.05) is 26.6 Å². The molecule has 0 aliphatic carbocycles. The van der Waals surface area contributed by atoms with E-state index >= 15 is 0 Å². The average Bonchev–Trinajstić information content (AvgIpc) is 2.44. The molecule has 21 heavy (non-hydrogen) atoms. The van der Waals surface area contributed by atoms with Crippen molar-refractivity contribution in [1.82, 2.24) is 0 Å². The molecule has 2 unspecified atom stereocenters. The predicted molar refractivity (Wildman–Crippen MR) is 87.8 cm³/mol. The van der Waals surface area contributed by atoms with Crippen LogP contribution in [0.1, 0.15) is 51.9 Å². The van der Waals surface area contributed by atoms with Crippen molar-refractivity contribution in [3.8, 4) is 0 Å². The van der Waals surface area contributed by atoms with Crippen molar-refractivity contribution in [2.24, 2.45) is 0 Å². The Morgan fingerprint density at radius 2 is 1.86 bits per heavy atom. The lowest BCUT2D eigenvalue weighted by molar-refractivity contribution is -0.142. The van der Waals surface area contributed by atoms with Crippen LogP contribution in [0.4, 0.5) is 0 Å². The van der Waals surface area contributed by atoms with Gasteiger partial charge in [0, 0.05) is 20.1 Å². The Balaban J connectivity index is 3.70. The molecule has 0 amide bonds. The number of allylic oxidation sites excluding steroid dienone is 2. The molecule has 0 aromatic rings. The highest BCUT2D eigenvalue weighted by atomic mass is 32.2. The number of methoxy groups -OCH3 is 1. The van der Waals surface area contributed by atoms with Crippen LogP contribution < -0.4 is 0 Å². The SMILES string of the molecule is CCOC(=O)C(CC=CCCCCCCCOC)[S+](C)[O-]. The molecule has 2 atom stereocenters. The summed E-state index contributed by atoms with van der Waals surface area (Å²) in [5.41, 5.74) is 0. The highest BCUT2D eigenvalue weighted by Crippen LogP contribution is 2.10. The van der Waals surface area contributed by atoms with Crippen LogP contribution in [-0.4, -0.2) is 42.4 Å². The summed E-state index contributed by atoms with van der Waals surface area (Å²) in [6.45, 7) is 2.94. The van der Waals surface area contributed by atoms with E-state index in [4.69, 9.17) is 9.47 Å². The van der Waals surface area contributed by atoms with Gasteiger partial charge in [-0.1, -0.05) is 31.4 Å². The van der Waals surface area contributed by atoms with E-state index in [0.717, 1.165) is 25.9 Å². The van der Waals surface area contributed by atoms with E-state index in [0.29, 0.717) is 13.0 Å². The summed E-state index contributed by atoms with van der Waals surface area (Å²) in [5.74, 6) is -0.360. The second-order valence-corrected chi connectivity index (χ2v) is 6.56. The molecule has 124 valence electrons. The molecule has 0 rings (SSSR count). The fourth-order valence-electron chi connectivity index (χ4n) is 1.98. The summed E-state index contributed by atoms with van der Waals surface area (Å²) < 4.78 is 21.5. The van der Waals surface area contributed by atoms with Crippen molar-refractivity contribution in [3.05, 3.63) is 12.2 Å². The first-order valence-corrected chi connectivity index (χ1v) is 9.38. The van der Waals surface area contributed by atoms with Crippen LogP contribution in [0.5, 0.6) is 0 Å². The van der Waals surface area contributed by atoms with Gasteiger partial charge in [-0.3, -0.25) is 0 Å². The van der Waals surface area contributed by atoms with Gasteiger partial charge in [0.05, 0.1) is 12.9 Å². The lowest BCUT2D eigenvalue weighted by atomic mass is 10.1. The zero-order chi connectivity index (χ0) is 15.9. The van der Waals surface area contributed by atoms with Gasteiger partial charge in [-0.2, -0.15) is 0 Å². The zero-order valence-electron chi connectivity index (χ0n) is 13.6. The van der Waals surface area contributed by atoms with Gasteiger partial charge in [0.2, 0.25) is 5.25 Å². The van der Waals surface area contributed by atoms with Gasteiger partial charge >= 0.3 is 5.97 Å². The number of ether oxygens (including phenoxy) is 2. The zero-order valence-corrected chi connectivity index (χ0v) is 14.5. The second-order valence-electron chi connectivity index (χ2n) is 5.00. The molecule has 0 bridgehead atoms. The number of unbranched alkanes of at least 4 members (excludes halogenated alkanes) is 5. The minimum Gasteiger partial charge on any atom is -0.616 e. The van der Waals surface area contributed by atoms with Gasteiger partial charge in [0.15, 0.2) is 0 Å². The minimum absolute atomic E-state index is 0.333. The van der Waals surface area contributed by atoms with Crippen LogP contribution >= 0.6 is 0 Å². The maximum Gasteiger partial charge on any atom is 0.359 e. The van der Waals surface area contributed by atoms with Gasteiger partial charge in [0.1, 0.15) is 0 Å². The predicted octanol–water partition coefficient (Wildman–Crippen LogP) is 3.23. The maximum absolute atomic E-state index is 11.6. The Morgan fingerprint density at radius 3 is 2.48 bits per heavy atom. The van der Waals surface area contributed by atoms with Crippen LogP contribution in [0, 0.1) is 0 Å². The van der Waals surface area contributed by atoms with E-state index in [1.807, 2.05) is 6.08 Å². The second kappa shape index (κ2) is 14.4. The summed E-state index contributed by atoms with van der Waals surface area (Å²) in [6, 6.07) is 0. The van der Waals surface area contributed by atoms with Gasteiger partial charge in [-0.05, 0) is 37.4 Å². The van der Waals surface area contributed by atoms with Gasteiger partial charge < -0.3 is 14.0 Å². The van der Waals surface area contributed by atoms with E-state index in [-0.39, 0.29) is 5.97 Å². The molecule has 0 aromatic carbocycles. The first-order chi connectivity index (χ1) is 10.1. The van der Waals surface area contributed by atoms with E-state index < -0.39 is 16.4 Å². The highest BCUT2D eigenvalue weighted by molar-refractivity contribution is 7.92. The molecule has 0 N–H and O–H groups in total. The Hall–Kier alpha value is -0.520. The monoisotopic (exact) mass is 318 g/mol. The first-order valence-electron chi connectivity index (χ1n) is 7.76. The molecule has 0 saturated heterocycles. The molecule has 0 aromatic heterocycles. The van der Waals surface area contributed by atoms with Gasteiger partial charge in [0.25, 0.3) is 0 Å². The van der Waals surface area contributed by atoms with Crippen molar-refractivity contribution in [1.29, 1.82) is 0 Å². The Morgan fingerprint density at radius 1 is 1.19 bits per heavy atom. The molecule has 0 radical (unpaired) electrons. The van der Waals surface area contributed by atoms with E-state index in [9.17, 15) is 9.35 Å². The maximum atomic E-state index is 11.6. The topological polar surface area (TPSA) is 58.6 Å². The normalized spacial score (nSPS) is 14.3. The minimum atomic E-state index is -1.19. The van der Waals surface area contributed by atoms with Crippen molar-refractivity contribution in [2.45, 2.75) is 57.1 Å². The quantitative estimate of drug-likeness (QED) is 0.226. The number of esters is 1. The molecule has 0 fully saturated rings. The van der Waals surface area contributed by atoms with E-state index in [1.54, 1.807) is 20.3 Å². The number of carbonyl (C=O) groups excluding carboxylic acids is 1. The van der Waals surface area contributed by atoms with E-state index in [2.05, 4.69) is 6.08 Å². The Kier molecular flexibility index (Phi) is 14.1. The fourth-order valence-corrected chi connectivity index (χ4v) is 2.70. The largest absolute Gasteiger partial charge is 0.616 e. The molecule has 0 aliphatic heterocycles. The molecular formula is C16H30O4S. The molecule has 4 nitrogen and oxygen atoms in total. The first kappa shape index (κ1) is 20.5. The van der Waals surface area contributed by atoms with Crippen LogP contribution in [0.2, 0.25) is 0 Å². The van der Waals surface area contributed by atoms with Crippen LogP contribution in [-0.2, 0) is 25.4 Å². The molecule has 5 heteroatoms. The summed E-state index contributed by atoms with van der Waals surface area (Å²) in [5, 5.41) is -0.532. The van der Waals surface area contributed by atoms with Crippen LogP contribution in [0.15, 0.2) is 12.2 Å². The summed E-state index contributed by atoms with van der Waals surface area (Å²) in [6.07, 6.45) is 13.1. The molecule has 0 aliphatic rings. The number of carbonyl (C=O) groups is 1. The van der Waals surface area contributed by atoms with Gasteiger partial charge in [-0.25, -0.2) is 4.79 Å². The third kappa shape index (κ3) is 11.8. The number of hydrogen-bond acceptors (Lipinski definition) is 4. The summed E-state index contributed by atoms with van der Waals surface area (Å²) >= 11 is -1.19. The standard InChI is InChI=1S/C16H30O4S/c1-4-20-16(17)15(21(3)18)13-11-9-7-5-6-8-10-12-14-19-2/h9,11,15H,4-8,10,12-14H2,1-3H3. The molecular weight excluding hydrogens is 288 g/mol. The third-order valence-electron chi connectivity index (χ3n) is 3.19. The lowest BCUT2D eigenvalue weighted by Gasteiger charge is -2.15. The lowest BCUT2D eigenvalue weighted by Crippen LogP contribution is -2.30. The third-order valence-corrected chi connectivity index (χ3v) is 4.37. The Labute approximate surface area is 132 Å². The highest BCUT2D eigenvalue weighted by Gasteiger charge is 2.27. The van der Waals surface area contributed by atoms with Crippen molar-refractivity contribution < 1.29 is 18.8 Å². The summed E-state index contributed by atoms with van der Waals surface area (Å²) in [7, 11) is 1.73. The molecule has 0 spiro atoms. The van der Waals surface area contributed by atoms with Crippen molar-refractivity contribution >= 4 is 17.1 Å². The van der Waals surface area contributed by atoms with Crippen LogP contribution in [0.25, 0.3) is 0 Å². The number of hydrogen-bond donors (Lipinski definition) is 0. The summed E-state index contributed by atoms with van der Waals surface area (Å²) in [4.78, 5) is 11.6. The molecule has 0 heterocycles. The Bertz CT molecular complexity index is 279. The number of rotatable bonds is 13.